The van der Waals surface area contributed by atoms with Crippen LogP contribution in [0.25, 0.3) is 0 Å². The quantitative estimate of drug-likeness (QED) is 0.580. The highest BCUT2D eigenvalue weighted by Gasteiger charge is 1.92. The van der Waals surface area contributed by atoms with Crippen LogP contribution in [0.3, 0.4) is 0 Å². The summed E-state index contributed by atoms with van der Waals surface area (Å²) in [6.45, 7) is 0. The van der Waals surface area contributed by atoms with Crippen LogP contribution in [0.15, 0.2) is 11.4 Å². The summed E-state index contributed by atoms with van der Waals surface area (Å²) < 4.78 is 1.11. The maximum absolute atomic E-state index is 10.0. The van der Waals surface area contributed by atoms with Crippen molar-refractivity contribution in [3.63, 3.8) is 0 Å². The zero-order valence-corrected chi connectivity index (χ0v) is 8.27. The monoisotopic (exact) mass is 278 g/mol. The van der Waals surface area contributed by atoms with Gasteiger partial charge in [0.15, 0.2) is 0 Å². The lowest BCUT2D eigenvalue weighted by Gasteiger charge is -1.73. The minimum Gasteiger partial charge on any atom is -0.472 e. The van der Waals surface area contributed by atoms with Crippen molar-refractivity contribution < 1.29 is 9.90 Å². The van der Waals surface area contributed by atoms with Crippen LogP contribution in [0.2, 0.25) is 0 Å². The molecule has 1 aromatic rings. The summed E-state index contributed by atoms with van der Waals surface area (Å²) in [5.74, 6) is 3.47. The Hall–Kier alpha value is -0.540. The smallest absolute Gasteiger partial charge is 0.382 e. The van der Waals surface area contributed by atoms with Gasteiger partial charge in [0, 0.05) is 16.9 Å². The van der Waals surface area contributed by atoms with Crippen molar-refractivity contribution in [1.29, 1.82) is 0 Å². The first kappa shape index (κ1) is 8.56. The van der Waals surface area contributed by atoms with Gasteiger partial charge in [-0.1, -0.05) is 5.92 Å². The SMILES string of the molecule is O=C(O)C#Cc1csc(I)c1. The van der Waals surface area contributed by atoms with Crippen LogP contribution >= 0.6 is 33.9 Å². The third-order valence-corrected chi connectivity index (χ3v) is 2.67. The van der Waals surface area contributed by atoms with Gasteiger partial charge in [-0.05, 0) is 28.7 Å². The van der Waals surface area contributed by atoms with E-state index in [2.05, 4.69) is 28.5 Å². The molecule has 0 saturated heterocycles. The molecule has 56 valence electrons. The summed E-state index contributed by atoms with van der Waals surface area (Å²) in [5.41, 5.74) is 0.766. The van der Waals surface area contributed by atoms with Gasteiger partial charge in [-0.2, -0.15) is 0 Å². The van der Waals surface area contributed by atoms with Gasteiger partial charge in [0.1, 0.15) is 0 Å². The molecule has 1 rings (SSSR count). The predicted octanol–water partition coefficient (Wildman–Crippen LogP) is 1.79. The number of carbonyl (C=O) groups is 1. The van der Waals surface area contributed by atoms with E-state index >= 15 is 0 Å². The maximum Gasteiger partial charge on any atom is 0.382 e. The third kappa shape index (κ3) is 2.91. The molecule has 0 bridgehead atoms. The molecule has 0 aliphatic rings. The fourth-order valence-electron chi connectivity index (χ4n) is 0.501. The predicted molar refractivity (Wildman–Crippen MR) is 51.5 cm³/mol. The molecule has 0 aliphatic heterocycles. The number of aliphatic carboxylic acids is 1. The number of rotatable bonds is 0. The van der Waals surface area contributed by atoms with Gasteiger partial charge >= 0.3 is 5.97 Å². The second-order valence-electron chi connectivity index (χ2n) is 1.69. The van der Waals surface area contributed by atoms with Crippen LogP contribution in [0.1, 0.15) is 5.56 Å². The molecule has 0 saturated carbocycles. The number of carboxylic acid groups (broad SMARTS) is 1. The Kier molecular flexibility index (Phi) is 2.91. The van der Waals surface area contributed by atoms with Gasteiger partial charge < -0.3 is 5.11 Å². The van der Waals surface area contributed by atoms with E-state index in [1.165, 1.54) is 0 Å². The average molecular weight is 278 g/mol. The molecule has 0 radical (unpaired) electrons. The normalized spacial score (nSPS) is 8.45. The van der Waals surface area contributed by atoms with Crippen molar-refractivity contribution in [3.05, 3.63) is 19.9 Å². The van der Waals surface area contributed by atoms with E-state index in [1.54, 1.807) is 11.3 Å². The van der Waals surface area contributed by atoms with E-state index in [1.807, 2.05) is 17.4 Å². The maximum atomic E-state index is 10.0. The Labute approximate surface area is 81.4 Å². The zero-order valence-electron chi connectivity index (χ0n) is 5.30. The highest BCUT2D eigenvalue weighted by atomic mass is 127. The Morgan fingerprint density at radius 1 is 1.73 bits per heavy atom. The van der Waals surface area contributed by atoms with E-state index in [0.717, 1.165) is 8.45 Å². The fraction of sp³-hybridized carbons (Fsp3) is 0. The Balaban J connectivity index is 2.82. The van der Waals surface area contributed by atoms with Crippen molar-refractivity contribution in [2.75, 3.05) is 0 Å². The molecule has 0 atom stereocenters. The van der Waals surface area contributed by atoms with Crippen molar-refractivity contribution in [1.82, 2.24) is 0 Å². The molecular weight excluding hydrogens is 275 g/mol. The van der Waals surface area contributed by atoms with E-state index in [-0.39, 0.29) is 0 Å². The van der Waals surface area contributed by atoms with Crippen molar-refractivity contribution in [3.8, 4) is 11.8 Å². The second-order valence-corrected chi connectivity index (χ2v) is 4.50. The number of halogens is 1. The van der Waals surface area contributed by atoms with Gasteiger partial charge in [0.2, 0.25) is 0 Å². The molecule has 4 heteroatoms. The van der Waals surface area contributed by atoms with Crippen LogP contribution in [0.4, 0.5) is 0 Å². The molecule has 0 aliphatic carbocycles. The zero-order chi connectivity index (χ0) is 8.27. The summed E-state index contributed by atoms with van der Waals surface area (Å²) >= 11 is 3.71. The standard InChI is InChI=1S/C7H3IO2S/c8-6-3-5(4-11-6)1-2-7(9)10/h3-4H,(H,9,10). The van der Waals surface area contributed by atoms with Crippen molar-refractivity contribution in [2.24, 2.45) is 0 Å². The molecule has 1 aromatic heterocycles. The van der Waals surface area contributed by atoms with E-state index in [9.17, 15) is 4.79 Å². The van der Waals surface area contributed by atoms with E-state index < -0.39 is 5.97 Å². The molecule has 0 aromatic carbocycles. The van der Waals surface area contributed by atoms with Gasteiger partial charge in [-0.25, -0.2) is 4.79 Å². The van der Waals surface area contributed by atoms with E-state index in [4.69, 9.17) is 5.11 Å². The van der Waals surface area contributed by atoms with Crippen molar-refractivity contribution >= 4 is 39.9 Å². The molecule has 1 heterocycles. The Morgan fingerprint density at radius 2 is 2.45 bits per heavy atom. The lowest BCUT2D eigenvalue weighted by Crippen LogP contribution is -1.86. The molecule has 2 nitrogen and oxygen atoms in total. The number of hydrogen-bond acceptors (Lipinski definition) is 2. The largest absolute Gasteiger partial charge is 0.472 e. The number of thiophene rings is 1. The van der Waals surface area contributed by atoms with Crippen LogP contribution in [-0.4, -0.2) is 11.1 Å². The molecule has 0 amide bonds. The lowest BCUT2D eigenvalue weighted by molar-refractivity contribution is -0.130. The van der Waals surface area contributed by atoms with Crippen LogP contribution in [-0.2, 0) is 4.79 Å². The van der Waals surface area contributed by atoms with Gasteiger partial charge in [0.25, 0.3) is 0 Å². The first-order valence-electron chi connectivity index (χ1n) is 2.67. The highest BCUT2D eigenvalue weighted by molar-refractivity contribution is 14.1. The minimum absolute atomic E-state index is 0.766. The van der Waals surface area contributed by atoms with Gasteiger partial charge in [-0.3, -0.25) is 0 Å². The molecule has 11 heavy (non-hydrogen) atoms. The average Bonchev–Trinajstić information content (AvgIpc) is 2.31. The lowest BCUT2D eigenvalue weighted by atomic mass is 10.3. The minimum atomic E-state index is -1.09. The summed E-state index contributed by atoms with van der Waals surface area (Å²) in [6, 6.07) is 1.85. The Bertz CT molecular complexity index is 332. The van der Waals surface area contributed by atoms with Crippen LogP contribution in [0.5, 0.6) is 0 Å². The topological polar surface area (TPSA) is 37.3 Å². The molecular formula is C7H3IO2S. The number of hydrogen-bond donors (Lipinski definition) is 1. The molecule has 0 fully saturated rings. The third-order valence-electron chi connectivity index (χ3n) is 0.881. The van der Waals surface area contributed by atoms with Crippen LogP contribution in [0, 0.1) is 14.7 Å². The van der Waals surface area contributed by atoms with Gasteiger partial charge in [0.05, 0.1) is 2.88 Å². The molecule has 0 spiro atoms. The molecule has 1 N–H and O–H groups in total. The van der Waals surface area contributed by atoms with Crippen molar-refractivity contribution in [2.45, 2.75) is 0 Å². The van der Waals surface area contributed by atoms with E-state index in [0.29, 0.717) is 0 Å². The van der Waals surface area contributed by atoms with Gasteiger partial charge in [-0.15, -0.1) is 11.3 Å². The first-order chi connectivity index (χ1) is 5.18. The van der Waals surface area contributed by atoms with Crippen LogP contribution < -0.4 is 0 Å². The molecule has 0 unspecified atom stereocenters. The highest BCUT2D eigenvalue weighted by Crippen LogP contribution is 2.15. The first-order valence-corrected chi connectivity index (χ1v) is 4.63. The summed E-state index contributed by atoms with van der Waals surface area (Å²) in [4.78, 5) is 10.0. The second kappa shape index (κ2) is 3.74. The number of carboxylic acids is 1. The Morgan fingerprint density at radius 3 is 2.91 bits per heavy atom. The summed E-state index contributed by atoms with van der Waals surface area (Å²) in [5, 5.41) is 10.0. The summed E-state index contributed by atoms with van der Waals surface area (Å²) in [6.07, 6.45) is 0. The fourth-order valence-corrected chi connectivity index (χ4v) is 1.78. The summed E-state index contributed by atoms with van der Waals surface area (Å²) in [7, 11) is 0.